The Labute approximate surface area is 92.1 Å². The lowest BCUT2D eigenvalue weighted by Gasteiger charge is -2.43. The van der Waals surface area contributed by atoms with E-state index in [1.165, 1.54) is 18.4 Å². The third-order valence-corrected chi connectivity index (χ3v) is 3.57. The molecule has 2 rings (SSSR count). The maximum Gasteiger partial charge on any atom is 0.0270 e. The van der Waals surface area contributed by atoms with Crippen LogP contribution >= 0.6 is 0 Å². The molecule has 1 aliphatic carbocycles. The zero-order chi connectivity index (χ0) is 10.7. The first-order valence-corrected chi connectivity index (χ1v) is 5.96. The van der Waals surface area contributed by atoms with E-state index >= 15 is 0 Å². The van der Waals surface area contributed by atoms with Gasteiger partial charge in [0, 0.05) is 18.4 Å². The van der Waals surface area contributed by atoms with Crippen molar-refractivity contribution in [3.63, 3.8) is 0 Å². The minimum absolute atomic E-state index is 0.725. The lowest BCUT2D eigenvalue weighted by atomic mass is 9.67. The second-order valence-corrected chi connectivity index (χ2v) is 4.54. The number of pyridine rings is 1. The summed E-state index contributed by atoms with van der Waals surface area (Å²) in [6.07, 6.45) is 6.30. The van der Waals surface area contributed by atoms with Crippen LogP contribution < -0.4 is 5.32 Å². The summed E-state index contributed by atoms with van der Waals surface area (Å²) in [5.41, 5.74) is 1.45. The molecule has 0 aromatic carbocycles. The maximum absolute atomic E-state index is 4.06. The molecule has 0 bridgehead atoms. The second-order valence-electron chi connectivity index (χ2n) is 4.54. The molecule has 2 nitrogen and oxygen atoms in total. The largest absolute Gasteiger partial charge is 0.314 e. The first-order chi connectivity index (χ1) is 7.33. The zero-order valence-electron chi connectivity index (χ0n) is 9.61. The molecule has 1 aliphatic rings. The third-order valence-electron chi connectivity index (χ3n) is 3.57. The monoisotopic (exact) mass is 204 g/mol. The molecule has 1 aromatic rings. The van der Waals surface area contributed by atoms with Crippen LogP contribution in [-0.2, 0) is 0 Å². The molecule has 0 amide bonds. The van der Waals surface area contributed by atoms with Crippen LogP contribution in [0.3, 0.4) is 0 Å². The predicted molar refractivity (Wildman–Crippen MR) is 62.8 cm³/mol. The SMILES string of the molecule is CCCNC1CC(c2ccncc2)C1C. The number of nitrogens with zero attached hydrogens (tertiary/aromatic N) is 1. The van der Waals surface area contributed by atoms with Crippen molar-refractivity contribution in [3.05, 3.63) is 30.1 Å². The van der Waals surface area contributed by atoms with Crippen molar-refractivity contribution in [2.45, 2.75) is 38.6 Å². The summed E-state index contributed by atoms with van der Waals surface area (Å²) in [5.74, 6) is 1.50. The Morgan fingerprint density at radius 3 is 2.73 bits per heavy atom. The zero-order valence-corrected chi connectivity index (χ0v) is 9.61. The van der Waals surface area contributed by atoms with E-state index in [4.69, 9.17) is 0 Å². The molecule has 1 aromatic heterocycles. The molecule has 3 unspecified atom stereocenters. The molecule has 15 heavy (non-hydrogen) atoms. The van der Waals surface area contributed by atoms with Crippen molar-refractivity contribution in [2.24, 2.45) is 5.92 Å². The Morgan fingerprint density at radius 2 is 2.13 bits per heavy atom. The Balaban J connectivity index is 1.89. The van der Waals surface area contributed by atoms with Gasteiger partial charge in [0.05, 0.1) is 0 Å². The molecule has 1 saturated carbocycles. The number of nitrogens with one attached hydrogen (secondary N) is 1. The first-order valence-electron chi connectivity index (χ1n) is 5.96. The molecule has 3 atom stereocenters. The lowest BCUT2D eigenvalue weighted by Crippen LogP contribution is -2.48. The van der Waals surface area contributed by atoms with Gasteiger partial charge in [0.25, 0.3) is 0 Å². The number of rotatable bonds is 4. The highest BCUT2D eigenvalue weighted by atomic mass is 14.9. The van der Waals surface area contributed by atoms with Gasteiger partial charge < -0.3 is 5.32 Å². The normalized spacial score (nSPS) is 29.9. The van der Waals surface area contributed by atoms with E-state index in [1.54, 1.807) is 0 Å². The van der Waals surface area contributed by atoms with E-state index in [0.29, 0.717) is 0 Å². The van der Waals surface area contributed by atoms with Gasteiger partial charge in [0.1, 0.15) is 0 Å². The number of hydrogen-bond donors (Lipinski definition) is 1. The minimum atomic E-state index is 0.725. The summed E-state index contributed by atoms with van der Waals surface area (Å²) >= 11 is 0. The third kappa shape index (κ3) is 2.20. The Morgan fingerprint density at radius 1 is 1.40 bits per heavy atom. The standard InChI is InChI=1S/C13H20N2/c1-3-6-15-13-9-12(10(13)2)11-4-7-14-8-5-11/h4-5,7-8,10,12-13,15H,3,6,9H2,1-2H3. The summed E-state index contributed by atoms with van der Waals surface area (Å²) in [7, 11) is 0. The molecule has 0 saturated heterocycles. The fraction of sp³-hybridized carbons (Fsp3) is 0.615. The summed E-state index contributed by atoms with van der Waals surface area (Å²) in [6.45, 7) is 5.72. The fourth-order valence-electron chi connectivity index (χ4n) is 2.44. The Bertz CT molecular complexity index is 297. The molecule has 82 valence electrons. The average Bonchev–Trinajstić information content (AvgIpc) is 2.29. The van der Waals surface area contributed by atoms with E-state index in [2.05, 4.69) is 36.3 Å². The molecule has 0 spiro atoms. The van der Waals surface area contributed by atoms with Crippen molar-refractivity contribution in [3.8, 4) is 0 Å². The van der Waals surface area contributed by atoms with Gasteiger partial charge in [0.15, 0.2) is 0 Å². The van der Waals surface area contributed by atoms with Crippen LogP contribution in [0.15, 0.2) is 24.5 Å². The van der Waals surface area contributed by atoms with E-state index in [9.17, 15) is 0 Å². The van der Waals surface area contributed by atoms with Crippen molar-refractivity contribution < 1.29 is 0 Å². The van der Waals surface area contributed by atoms with Gasteiger partial charge in [-0.05, 0) is 48.9 Å². The molecular formula is C13H20N2. The highest BCUT2D eigenvalue weighted by Gasteiger charge is 2.37. The van der Waals surface area contributed by atoms with Crippen LogP contribution in [0.5, 0.6) is 0 Å². The van der Waals surface area contributed by atoms with Gasteiger partial charge >= 0.3 is 0 Å². The van der Waals surface area contributed by atoms with Crippen LogP contribution in [0.25, 0.3) is 0 Å². The molecule has 1 heterocycles. The van der Waals surface area contributed by atoms with Gasteiger partial charge in [-0.25, -0.2) is 0 Å². The molecule has 1 fully saturated rings. The smallest absolute Gasteiger partial charge is 0.0270 e. The van der Waals surface area contributed by atoms with E-state index < -0.39 is 0 Å². The van der Waals surface area contributed by atoms with Crippen LogP contribution in [0.4, 0.5) is 0 Å². The molecule has 1 N–H and O–H groups in total. The number of hydrogen-bond acceptors (Lipinski definition) is 2. The van der Waals surface area contributed by atoms with Gasteiger partial charge in [-0.15, -0.1) is 0 Å². The van der Waals surface area contributed by atoms with Crippen molar-refractivity contribution in [1.29, 1.82) is 0 Å². The Hall–Kier alpha value is -0.890. The molecular weight excluding hydrogens is 184 g/mol. The van der Waals surface area contributed by atoms with Gasteiger partial charge in [-0.3, -0.25) is 4.98 Å². The molecule has 2 heteroatoms. The number of aromatic nitrogens is 1. The predicted octanol–water partition coefficient (Wildman–Crippen LogP) is 2.57. The van der Waals surface area contributed by atoms with Gasteiger partial charge in [-0.2, -0.15) is 0 Å². The van der Waals surface area contributed by atoms with Crippen LogP contribution in [0, 0.1) is 5.92 Å². The fourth-order valence-corrected chi connectivity index (χ4v) is 2.44. The minimum Gasteiger partial charge on any atom is -0.314 e. The van der Waals surface area contributed by atoms with Gasteiger partial charge in [-0.1, -0.05) is 13.8 Å². The van der Waals surface area contributed by atoms with Crippen molar-refractivity contribution >= 4 is 0 Å². The molecule has 0 radical (unpaired) electrons. The summed E-state index contributed by atoms with van der Waals surface area (Å²) in [6, 6.07) is 5.03. The molecule has 0 aliphatic heterocycles. The highest BCUT2D eigenvalue weighted by Crippen LogP contribution is 2.42. The summed E-state index contributed by atoms with van der Waals surface area (Å²) in [5, 5.41) is 3.60. The second kappa shape index (κ2) is 4.75. The first kappa shape index (κ1) is 10.6. The lowest BCUT2D eigenvalue weighted by molar-refractivity contribution is 0.185. The van der Waals surface area contributed by atoms with E-state index in [0.717, 1.165) is 24.4 Å². The quantitative estimate of drug-likeness (QED) is 0.815. The van der Waals surface area contributed by atoms with E-state index in [1.807, 2.05) is 12.4 Å². The van der Waals surface area contributed by atoms with Crippen molar-refractivity contribution in [2.75, 3.05) is 6.54 Å². The maximum atomic E-state index is 4.06. The van der Waals surface area contributed by atoms with Crippen molar-refractivity contribution in [1.82, 2.24) is 10.3 Å². The van der Waals surface area contributed by atoms with Crippen LogP contribution in [-0.4, -0.2) is 17.6 Å². The summed E-state index contributed by atoms with van der Waals surface area (Å²) in [4.78, 5) is 4.06. The average molecular weight is 204 g/mol. The van der Waals surface area contributed by atoms with Gasteiger partial charge in [0.2, 0.25) is 0 Å². The topological polar surface area (TPSA) is 24.9 Å². The van der Waals surface area contributed by atoms with Crippen LogP contribution in [0.2, 0.25) is 0 Å². The highest BCUT2D eigenvalue weighted by molar-refractivity contribution is 5.21. The van der Waals surface area contributed by atoms with Crippen LogP contribution in [0.1, 0.15) is 38.2 Å². The Kier molecular flexibility index (Phi) is 3.37. The van der Waals surface area contributed by atoms with E-state index in [-0.39, 0.29) is 0 Å². The summed E-state index contributed by atoms with van der Waals surface area (Å²) < 4.78 is 0.